The summed E-state index contributed by atoms with van der Waals surface area (Å²) in [6, 6.07) is 5.68. The molecule has 1 aromatic carbocycles. The number of aliphatic hydroxyl groups excluding tert-OH is 1. The predicted molar refractivity (Wildman–Crippen MR) is 54.5 cm³/mol. The lowest BCUT2D eigenvalue weighted by molar-refractivity contribution is 0.199. The van der Waals surface area contributed by atoms with Gasteiger partial charge in [0, 0.05) is 5.39 Å². The monoisotopic (exact) mass is 240 g/mol. The third kappa shape index (κ3) is 1.49. The molecule has 3 heteroatoms. The Balaban J connectivity index is 2.70. The molecule has 1 heterocycles. The first kappa shape index (κ1) is 8.78. The second kappa shape index (κ2) is 3.16. The molecule has 0 bridgehead atoms. The molecular formula is C10H9BrO2. The highest BCUT2D eigenvalue weighted by Crippen LogP contribution is 2.28. The van der Waals surface area contributed by atoms with Crippen molar-refractivity contribution < 1.29 is 9.52 Å². The van der Waals surface area contributed by atoms with Crippen molar-refractivity contribution in [2.24, 2.45) is 0 Å². The minimum Gasteiger partial charge on any atom is -0.463 e. The van der Waals surface area contributed by atoms with Crippen LogP contribution in [0.15, 0.2) is 33.4 Å². The number of aliphatic hydroxyl groups is 1. The Hall–Kier alpha value is -0.800. The van der Waals surface area contributed by atoms with E-state index in [9.17, 15) is 5.11 Å². The van der Waals surface area contributed by atoms with Gasteiger partial charge in [0.05, 0.1) is 16.8 Å². The molecule has 0 aliphatic carbocycles. The van der Waals surface area contributed by atoms with E-state index in [1.807, 2.05) is 18.2 Å². The van der Waals surface area contributed by atoms with Crippen LogP contribution in [0.25, 0.3) is 11.0 Å². The van der Waals surface area contributed by atoms with Gasteiger partial charge in [-0.1, -0.05) is 0 Å². The smallest absolute Gasteiger partial charge is 0.148 e. The van der Waals surface area contributed by atoms with Crippen LogP contribution in [0.1, 0.15) is 18.6 Å². The summed E-state index contributed by atoms with van der Waals surface area (Å²) >= 11 is 3.39. The lowest BCUT2D eigenvalue weighted by atomic mass is 10.1. The SMILES string of the molecule is CC(O)c1cc(Br)c2occc2c1. The van der Waals surface area contributed by atoms with Crippen LogP contribution in [0, 0.1) is 0 Å². The van der Waals surface area contributed by atoms with Crippen LogP contribution in [-0.4, -0.2) is 5.11 Å². The highest BCUT2D eigenvalue weighted by Gasteiger charge is 2.07. The molecule has 68 valence electrons. The van der Waals surface area contributed by atoms with Crippen LogP contribution < -0.4 is 0 Å². The van der Waals surface area contributed by atoms with E-state index in [0.29, 0.717) is 0 Å². The zero-order valence-corrected chi connectivity index (χ0v) is 8.71. The molecular weight excluding hydrogens is 232 g/mol. The van der Waals surface area contributed by atoms with Gasteiger partial charge >= 0.3 is 0 Å². The van der Waals surface area contributed by atoms with Crippen molar-refractivity contribution in [3.63, 3.8) is 0 Å². The highest BCUT2D eigenvalue weighted by atomic mass is 79.9. The Kier molecular flexibility index (Phi) is 2.14. The van der Waals surface area contributed by atoms with Crippen molar-refractivity contribution in [2.45, 2.75) is 13.0 Å². The molecule has 1 atom stereocenters. The Morgan fingerprint density at radius 2 is 2.23 bits per heavy atom. The van der Waals surface area contributed by atoms with Crippen LogP contribution in [0.4, 0.5) is 0 Å². The quantitative estimate of drug-likeness (QED) is 0.831. The number of hydrogen-bond donors (Lipinski definition) is 1. The Morgan fingerprint density at radius 3 is 2.92 bits per heavy atom. The van der Waals surface area contributed by atoms with Crippen molar-refractivity contribution >= 4 is 26.9 Å². The number of rotatable bonds is 1. The molecule has 1 N–H and O–H groups in total. The molecule has 0 radical (unpaired) electrons. The Morgan fingerprint density at radius 1 is 1.46 bits per heavy atom. The first-order chi connectivity index (χ1) is 6.18. The van der Waals surface area contributed by atoms with Crippen molar-refractivity contribution in [1.29, 1.82) is 0 Å². The standard InChI is InChI=1S/C10H9BrO2/c1-6(12)8-4-7-2-3-13-10(7)9(11)5-8/h2-6,12H,1H3. The fraction of sp³-hybridized carbons (Fsp3) is 0.200. The summed E-state index contributed by atoms with van der Waals surface area (Å²) in [5.41, 5.74) is 1.71. The Labute approximate surface area is 84.3 Å². The van der Waals surface area contributed by atoms with Crippen LogP contribution in [0.3, 0.4) is 0 Å². The maximum absolute atomic E-state index is 9.39. The largest absolute Gasteiger partial charge is 0.463 e. The minimum absolute atomic E-state index is 0.449. The minimum atomic E-state index is -0.449. The van der Waals surface area contributed by atoms with E-state index in [1.165, 1.54) is 0 Å². The first-order valence-electron chi connectivity index (χ1n) is 4.03. The van der Waals surface area contributed by atoms with E-state index in [1.54, 1.807) is 13.2 Å². The van der Waals surface area contributed by atoms with Crippen molar-refractivity contribution in [2.75, 3.05) is 0 Å². The molecule has 0 saturated carbocycles. The van der Waals surface area contributed by atoms with Gasteiger partial charge in [0.2, 0.25) is 0 Å². The zero-order valence-electron chi connectivity index (χ0n) is 7.12. The first-order valence-corrected chi connectivity index (χ1v) is 4.82. The molecule has 1 aromatic heterocycles. The average Bonchev–Trinajstić information content (AvgIpc) is 2.51. The molecule has 0 aliphatic rings. The van der Waals surface area contributed by atoms with Gasteiger partial charge in [-0.25, -0.2) is 0 Å². The van der Waals surface area contributed by atoms with Crippen LogP contribution in [0.2, 0.25) is 0 Å². The number of benzene rings is 1. The second-order valence-electron chi connectivity index (χ2n) is 3.02. The normalized spacial score (nSPS) is 13.5. The van der Waals surface area contributed by atoms with Crippen LogP contribution >= 0.6 is 15.9 Å². The van der Waals surface area contributed by atoms with Gasteiger partial charge in [-0.3, -0.25) is 0 Å². The second-order valence-corrected chi connectivity index (χ2v) is 3.87. The van der Waals surface area contributed by atoms with E-state index in [-0.39, 0.29) is 0 Å². The van der Waals surface area contributed by atoms with E-state index >= 15 is 0 Å². The van der Waals surface area contributed by atoms with E-state index < -0.39 is 6.10 Å². The summed E-state index contributed by atoms with van der Waals surface area (Å²) in [6.45, 7) is 1.74. The molecule has 13 heavy (non-hydrogen) atoms. The third-order valence-electron chi connectivity index (χ3n) is 2.01. The lowest BCUT2D eigenvalue weighted by Crippen LogP contribution is -1.90. The molecule has 0 amide bonds. The van der Waals surface area contributed by atoms with Gasteiger partial charge < -0.3 is 9.52 Å². The van der Waals surface area contributed by atoms with Gasteiger partial charge in [-0.2, -0.15) is 0 Å². The van der Waals surface area contributed by atoms with E-state index in [2.05, 4.69) is 15.9 Å². The summed E-state index contributed by atoms with van der Waals surface area (Å²) in [6.07, 6.45) is 1.19. The molecule has 0 fully saturated rings. The summed E-state index contributed by atoms with van der Waals surface area (Å²) in [5.74, 6) is 0. The van der Waals surface area contributed by atoms with Crippen LogP contribution in [-0.2, 0) is 0 Å². The fourth-order valence-corrected chi connectivity index (χ4v) is 1.89. The predicted octanol–water partition coefficient (Wildman–Crippen LogP) is 3.25. The van der Waals surface area contributed by atoms with Gasteiger partial charge in [0.15, 0.2) is 0 Å². The Bertz CT molecular complexity index is 431. The summed E-state index contributed by atoms with van der Waals surface area (Å²) in [4.78, 5) is 0. The fourth-order valence-electron chi connectivity index (χ4n) is 1.30. The van der Waals surface area contributed by atoms with E-state index in [0.717, 1.165) is 21.0 Å². The molecule has 2 aromatic rings. The highest BCUT2D eigenvalue weighted by molar-refractivity contribution is 9.10. The molecule has 0 saturated heterocycles. The summed E-state index contributed by atoms with van der Waals surface area (Å²) in [7, 11) is 0. The van der Waals surface area contributed by atoms with Crippen molar-refractivity contribution in [1.82, 2.24) is 0 Å². The average molecular weight is 241 g/mol. The molecule has 2 nitrogen and oxygen atoms in total. The molecule has 0 aliphatic heterocycles. The van der Waals surface area contributed by atoms with E-state index in [4.69, 9.17) is 4.42 Å². The maximum Gasteiger partial charge on any atom is 0.148 e. The zero-order chi connectivity index (χ0) is 9.42. The number of halogens is 1. The number of hydrogen-bond acceptors (Lipinski definition) is 2. The number of furan rings is 1. The number of fused-ring (bicyclic) bond motifs is 1. The maximum atomic E-state index is 9.39. The van der Waals surface area contributed by atoms with Gasteiger partial charge in [-0.05, 0) is 46.6 Å². The van der Waals surface area contributed by atoms with Gasteiger partial charge in [-0.15, -0.1) is 0 Å². The van der Waals surface area contributed by atoms with Crippen molar-refractivity contribution in [3.8, 4) is 0 Å². The third-order valence-corrected chi connectivity index (χ3v) is 2.60. The van der Waals surface area contributed by atoms with Crippen LogP contribution in [0.5, 0.6) is 0 Å². The summed E-state index contributed by atoms with van der Waals surface area (Å²) in [5, 5.41) is 10.4. The van der Waals surface area contributed by atoms with Crippen molar-refractivity contribution in [3.05, 3.63) is 34.5 Å². The topological polar surface area (TPSA) is 33.4 Å². The molecule has 2 rings (SSSR count). The molecule has 1 unspecified atom stereocenters. The molecule has 0 spiro atoms. The summed E-state index contributed by atoms with van der Waals surface area (Å²) < 4.78 is 6.14. The lowest BCUT2D eigenvalue weighted by Gasteiger charge is -2.04. The van der Waals surface area contributed by atoms with Gasteiger partial charge in [0.1, 0.15) is 5.58 Å². The van der Waals surface area contributed by atoms with Gasteiger partial charge in [0.25, 0.3) is 0 Å².